The zero-order valence-corrected chi connectivity index (χ0v) is 58.2. The highest BCUT2D eigenvalue weighted by Gasteiger charge is 2.12. The molecule has 490 valence electrons. The van der Waals surface area contributed by atoms with Crippen LogP contribution in [0.2, 0.25) is 0 Å². The van der Waals surface area contributed by atoms with E-state index in [1.54, 1.807) is 0 Å². The number of rotatable bonds is 64. The molecule has 0 heterocycles. The fourth-order valence-corrected chi connectivity index (χ4v) is 12.5. The summed E-state index contributed by atoms with van der Waals surface area (Å²) in [5, 5.41) is 0. The molecule has 2 aromatic rings. The molecule has 0 aliphatic carbocycles. The first-order valence-electron chi connectivity index (χ1n) is 38.8. The van der Waals surface area contributed by atoms with Crippen molar-refractivity contribution in [2.24, 2.45) is 9.98 Å². The molecule has 2 aromatic carbocycles. The maximum atomic E-state index is 5.54. The maximum Gasteiger partial charge on any atom is 0.135 e. The Hall–Kier alpha value is -3.18. The molecule has 0 N–H and O–H groups in total. The number of unbranched alkanes of at least 4 members (excludes halogenated alkanes) is 51. The second kappa shape index (κ2) is 64.8. The molecule has 2 nitrogen and oxygen atoms in total. The highest BCUT2D eigenvalue weighted by Crippen LogP contribution is 2.26. The van der Waals surface area contributed by atoms with Crippen LogP contribution < -0.4 is 0 Å². The number of para-hydroxylation sites is 2. The van der Waals surface area contributed by atoms with Gasteiger partial charge >= 0.3 is 0 Å². The lowest BCUT2D eigenvalue weighted by Crippen LogP contribution is -2.13. The lowest BCUT2D eigenvalue weighted by Gasteiger charge is -2.11. The Bertz CT molecular complexity index is 1920. The molecular formula is C84H144N2. The Morgan fingerprint density at radius 2 is 0.558 bits per heavy atom. The summed E-state index contributed by atoms with van der Waals surface area (Å²) in [6.45, 7) is 9.23. The van der Waals surface area contributed by atoms with Crippen molar-refractivity contribution in [2.75, 3.05) is 0 Å². The van der Waals surface area contributed by atoms with Crippen LogP contribution in [0.15, 0.2) is 82.8 Å². The van der Waals surface area contributed by atoms with E-state index in [1.165, 1.54) is 332 Å². The topological polar surface area (TPSA) is 24.7 Å². The molecular weight excluding hydrogens is 1040 g/mol. The minimum atomic E-state index is 0.882. The summed E-state index contributed by atoms with van der Waals surface area (Å²) in [7, 11) is 0. The normalized spacial score (nSPS) is 12.1. The number of hydrogen-bond donors (Lipinski definition) is 0. The summed E-state index contributed by atoms with van der Waals surface area (Å²) in [6, 6.07) is 17.8. The minimum absolute atomic E-state index is 0.882. The molecule has 0 amide bonds. The highest BCUT2D eigenvalue weighted by molar-refractivity contribution is 6.49. The van der Waals surface area contributed by atoms with Crippen LogP contribution in [-0.4, -0.2) is 11.4 Å². The van der Waals surface area contributed by atoms with Crippen molar-refractivity contribution in [3.63, 3.8) is 0 Å². The first kappa shape index (κ1) is 78.9. The molecule has 0 fully saturated rings. The van der Waals surface area contributed by atoms with Crippen molar-refractivity contribution in [2.45, 2.75) is 413 Å². The van der Waals surface area contributed by atoms with E-state index in [0.717, 1.165) is 87.0 Å². The Balaban J connectivity index is 1.93. The second-order valence-electron chi connectivity index (χ2n) is 26.6. The summed E-state index contributed by atoms with van der Waals surface area (Å²) in [4.78, 5) is 11.0. The van der Waals surface area contributed by atoms with Crippen LogP contribution in [0.5, 0.6) is 0 Å². The fraction of sp³-hybridized carbons (Fsp3) is 0.762. The van der Waals surface area contributed by atoms with Crippen LogP contribution in [0.3, 0.4) is 0 Å². The van der Waals surface area contributed by atoms with Crippen LogP contribution in [-0.2, 0) is 12.8 Å². The third kappa shape index (κ3) is 50.7. The molecule has 0 atom stereocenters. The van der Waals surface area contributed by atoms with E-state index in [1.807, 2.05) is 0 Å². The van der Waals surface area contributed by atoms with Gasteiger partial charge in [0.15, 0.2) is 0 Å². The van der Waals surface area contributed by atoms with Gasteiger partial charge in [-0.15, -0.1) is 0 Å². The lowest BCUT2D eigenvalue weighted by molar-refractivity contribution is 0.530. The van der Waals surface area contributed by atoms with Gasteiger partial charge in [-0.05, 0) is 113 Å². The molecule has 2 rings (SSSR count). The first-order valence-corrected chi connectivity index (χ1v) is 38.8. The maximum absolute atomic E-state index is 5.54. The van der Waals surface area contributed by atoms with Crippen molar-refractivity contribution >= 4 is 22.8 Å². The summed E-state index contributed by atoms with van der Waals surface area (Å²) in [5.41, 5.74) is 6.78. The van der Waals surface area contributed by atoms with Crippen LogP contribution in [0.4, 0.5) is 11.4 Å². The van der Waals surface area contributed by atoms with E-state index in [2.05, 4.69) is 112 Å². The molecule has 0 saturated carbocycles. The number of allylic oxidation sites excluding steroid dienone is 4. The molecule has 0 spiro atoms. The summed E-state index contributed by atoms with van der Waals surface area (Å²) >= 11 is 0. The van der Waals surface area contributed by atoms with Crippen molar-refractivity contribution in [3.8, 4) is 11.8 Å². The average Bonchev–Trinajstić information content (AvgIpc) is 3.63. The summed E-state index contributed by atoms with van der Waals surface area (Å²) < 4.78 is 0. The zero-order valence-electron chi connectivity index (χ0n) is 58.2. The molecule has 0 radical (unpaired) electrons. The number of hydrogen-bond acceptors (Lipinski definition) is 2. The quantitative estimate of drug-likeness (QED) is 0.0273. The largest absolute Gasteiger partial charge is 0.250 e. The van der Waals surface area contributed by atoms with Gasteiger partial charge < -0.3 is 0 Å². The minimum Gasteiger partial charge on any atom is -0.250 e. The molecule has 0 aliphatic rings. The van der Waals surface area contributed by atoms with Gasteiger partial charge in [0.1, 0.15) is 5.71 Å². The predicted octanol–water partition coefficient (Wildman–Crippen LogP) is 29.4. The van der Waals surface area contributed by atoms with Crippen molar-refractivity contribution < 1.29 is 0 Å². The Morgan fingerprint density at radius 1 is 0.291 bits per heavy atom. The SMILES string of the molecule is CCCCCCCCCCCCCCCCCCC#CC(=Nc1ccccc1CCC/C=C/CCCCCCCCCCCCCCCCCC)C(CCCC)=Nc1ccccc1CCC/C=C/CCCCCCCCCCCCCCCCCC. The lowest BCUT2D eigenvalue weighted by atomic mass is 10.0. The van der Waals surface area contributed by atoms with E-state index >= 15 is 0 Å². The van der Waals surface area contributed by atoms with Crippen molar-refractivity contribution in [3.05, 3.63) is 84.0 Å². The number of aryl methyl sites for hydroxylation is 2. The van der Waals surface area contributed by atoms with Gasteiger partial charge in [0.05, 0.1) is 17.1 Å². The Kier molecular flexibility index (Phi) is 59.5. The highest BCUT2D eigenvalue weighted by atomic mass is 14.8. The van der Waals surface area contributed by atoms with Gasteiger partial charge in [-0.1, -0.05) is 390 Å². The van der Waals surface area contributed by atoms with Gasteiger partial charge in [0.2, 0.25) is 0 Å². The van der Waals surface area contributed by atoms with Gasteiger partial charge in [0, 0.05) is 6.42 Å². The zero-order chi connectivity index (χ0) is 61.2. The number of benzene rings is 2. The third-order valence-corrected chi connectivity index (χ3v) is 18.3. The van der Waals surface area contributed by atoms with Crippen LogP contribution >= 0.6 is 0 Å². The van der Waals surface area contributed by atoms with Crippen molar-refractivity contribution in [1.29, 1.82) is 0 Å². The standard InChI is InChI=1S/C84H144N2/c1-5-9-13-16-19-22-25-28-31-34-37-39-41-43-46-49-52-55-58-61-64-71-79-73-67-69-76-81(79)85-83(75-12-8-4)84(78-66-63-60-57-54-51-48-45-36-33-30-27-24-21-18-15-11-7-3)86-82-77-70-68-74-80(82)72-65-62-59-56-53-50-47-44-42-40-38-35-32-29-26-23-20-17-14-10-6-2/h55-56,58-59,67-70,73-74,76-77H,5-54,57,60-65,71-72,75H2,1-4H3/b58-55+,59-56+,85-83?,86-84?. The molecule has 0 saturated heterocycles. The Labute approximate surface area is 538 Å². The predicted molar refractivity (Wildman–Crippen MR) is 391 cm³/mol. The first-order chi connectivity index (χ1) is 42.7. The van der Waals surface area contributed by atoms with E-state index in [4.69, 9.17) is 9.98 Å². The van der Waals surface area contributed by atoms with Gasteiger partial charge in [0.25, 0.3) is 0 Å². The van der Waals surface area contributed by atoms with Crippen molar-refractivity contribution in [1.82, 2.24) is 0 Å². The van der Waals surface area contributed by atoms with Crippen LogP contribution in [0.25, 0.3) is 0 Å². The third-order valence-electron chi connectivity index (χ3n) is 18.3. The molecule has 2 heteroatoms. The van der Waals surface area contributed by atoms with Gasteiger partial charge in [-0.2, -0.15) is 0 Å². The van der Waals surface area contributed by atoms with Gasteiger partial charge in [-0.25, -0.2) is 4.99 Å². The van der Waals surface area contributed by atoms with E-state index in [9.17, 15) is 0 Å². The monoisotopic (exact) mass is 1180 g/mol. The fourth-order valence-electron chi connectivity index (χ4n) is 12.5. The summed E-state index contributed by atoms with van der Waals surface area (Å²) in [5.74, 6) is 7.34. The average molecular weight is 1180 g/mol. The smallest absolute Gasteiger partial charge is 0.135 e. The number of aliphatic imine (C=N–C) groups is 2. The van der Waals surface area contributed by atoms with Gasteiger partial charge in [-0.3, -0.25) is 4.99 Å². The van der Waals surface area contributed by atoms with Crippen LogP contribution in [0.1, 0.15) is 411 Å². The van der Waals surface area contributed by atoms with E-state index in [0.29, 0.717) is 0 Å². The number of nitrogens with zero attached hydrogens (tertiary/aromatic N) is 2. The molecule has 86 heavy (non-hydrogen) atoms. The van der Waals surface area contributed by atoms with E-state index < -0.39 is 0 Å². The summed E-state index contributed by atoms with van der Waals surface area (Å²) in [6.07, 6.45) is 90.8. The Morgan fingerprint density at radius 3 is 0.884 bits per heavy atom. The molecule has 0 unspecified atom stereocenters. The molecule has 0 aliphatic heterocycles. The van der Waals surface area contributed by atoms with E-state index in [-0.39, 0.29) is 0 Å². The molecule has 0 aromatic heterocycles. The second-order valence-corrected chi connectivity index (χ2v) is 26.6. The van der Waals surface area contributed by atoms with Crippen LogP contribution in [0, 0.1) is 11.8 Å². The molecule has 0 bridgehead atoms.